The van der Waals surface area contributed by atoms with Crippen LogP contribution in [0.2, 0.25) is 0 Å². The predicted molar refractivity (Wildman–Crippen MR) is 182 cm³/mol. The van der Waals surface area contributed by atoms with Crippen molar-refractivity contribution in [3.05, 3.63) is 60.6 Å². The van der Waals surface area contributed by atoms with Gasteiger partial charge in [-0.25, -0.2) is 4.98 Å². The fraction of sp³-hybridized carbons (Fsp3) is 0.394. The molecule has 2 aromatic carbocycles. The second-order valence-corrected chi connectivity index (χ2v) is 12.2. The lowest BCUT2D eigenvalue weighted by molar-refractivity contribution is 0.0982. The van der Waals surface area contributed by atoms with Crippen molar-refractivity contribution >= 4 is 57.7 Å². The molecule has 0 radical (unpaired) electrons. The predicted octanol–water partition coefficient (Wildman–Crippen LogP) is 5.81. The van der Waals surface area contributed by atoms with Crippen molar-refractivity contribution in [2.24, 2.45) is 0 Å². The molecule has 0 spiro atoms. The van der Waals surface area contributed by atoms with Crippen molar-refractivity contribution in [2.45, 2.75) is 30.7 Å². The quantitative estimate of drug-likeness (QED) is 0.225. The summed E-state index contributed by atoms with van der Waals surface area (Å²) in [6.07, 6.45) is 11.3. The fourth-order valence-electron chi connectivity index (χ4n) is 6.21. The molecule has 2 aromatic heterocycles. The normalized spacial score (nSPS) is 16.7. The van der Waals surface area contributed by atoms with Crippen molar-refractivity contribution in [1.29, 1.82) is 0 Å². The third-order valence-electron chi connectivity index (χ3n) is 8.71. The standard InChI is InChI=1S/C33H41N9OS/c1-6-23-21-36-33(39-32(23)37-26-8-7-25-30(31(26)44-5)35-12-11-34-25)38-27-19-22(2)28(20-29(27)43-4)42-13-9-24(10-14-42)41-17-15-40(3)16-18-41/h6-8,11-12,19-21,24H,1,9-10,13-18H2,2-5H3,(H2,36,37,38,39). The zero-order chi connectivity index (χ0) is 30.6. The van der Waals surface area contributed by atoms with Crippen LogP contribution in [0.5, 0.6) is 5.75 Å². The van der Waals surface area contributed by atoms with Gasteiger partial charge in [-0.05, 0) is 56.8 Å². The zero-order valence-corrected chi connectivity index (χ0v) is 26.8. The van der Waals surface area contributed by atoms with Crippen LogP contribution in [0, 0.1) is 6.92 Å². The van der Waals surface area contributed by atoms with E-state index in [-0.39, 0.29) is 0 Å². The average Bonchev–Trinajstić information content (AvgIpc) is 3.05. The molecule has 4 heterocycles. The van der Waals surface area contributed by atoms with Gasteiger partial charge in [0.2, 0.25) is 5.95 Å². The second-order valence-electron chi connectivity index (χ2n) is 11.4. The molecule has 0 unspecified atom stereocenters. The number of hydrogen-bond donors (Lipinski definition) is 2. The zero-order valence-electron chi connectivity index (χ0n) is 26.0. The number of ether oxygens (including phenoxy) is 1. The van der Waals surface area contributed by atoms with Crippen LogP contribution in [0.15, 0.2) is 54.3 Å². The number of piperazine rings is 1. The summed E-state index contributed by atoms with van der Waals surface area (Å²) in [5.74, 6) is 1.87. The van der Waals surface area contributed by atoms with Gasteiger partial charge in [-0.15, -0.1) is 11.8 Å². The van der Waals surface area contributed by atoms with Crippen LogP contribution < -0.4 is 20.3 Å². The molecule has 10 nitrogen and oxygen atoms in total. The minimum absolute atomic E-state index is 0.461. The largest absolute Gasteiger partial charge is 0.494 e. The highest BCUT2D eigenvalue weighted by molar-refractivity contribution is 7.99. The Labute approximate surface area is 263 Å². The topological polar surface area (TPSA) is 94.6 Å². The third-order valence-corrected chi connectivity index (χ3v) is 9.53. The summed E-state index contributed by atoms with van der Waals surface area (Å²) in [7, 11) is 3.93. The number of thioether (sulfide) groups is 1. The van der Waals surface area contributed by atoms with E-state index in [4.69, 9.17) is 9.72 Å². The summed E-state index contributed by atoms with van der Waals surface area (Å²) < 4.78 is 5.87. The number of piperidine rings is 1. The van der Waals surface area contributed by atoms with Crippen LogP contribution >= 0.6 is 11.8 Å². The number of rotatable bonds is 9. The number of aryl methyl sites for hydroxylation is 1. The van der Waals surface area contributed by atoms with Gasteiger partial charge in [0, 0.05) is 81.2 Å². The number of methoxy groups -OCH3 is 1. The Kier molecular flexibility index (Phi) is 9.15. The Hall–Kier alpha value is -3.93. The first-order chi connectivity index (χ1) is 21.5. The molecule has 0 amide bonds. The lowest BCUT2D eigenvalue weighted by Gasteiger charge is -2.43. The van der Waals surface area contributed by atoms with E-state index in [9.17, 15) is 0 Å². The maximum Gasteiger partial charge on any atom is 0.229 e. The van der Waals surface area contributed by atoms with Crippen LogP contribution in [-0.2, 0) is 0 Å². The van der Waals surface area contributed by atoms with Crippen molar-refractivity contribution < 1.29 is 4.74 Å². The SMILES string of the molecule is C=Cc1cnc(Nc2cc(C)c(N3CCC(N4CCN(C)CC4)CC3)cc2OC)nc1Nc1ccc2nccnc2c1SC. The Balaban J connectivity index is 1.20. The van der Waals surface area contributed by atoms with Gasteiger partial charge in [-0.2, -0.15) is 4.98 Å². The lowest BCUT2D eigenvalue weighted by atomic mass is 10.0. The van der Waals surface area contributed by atoms with Crippen LogP contribution in [-0.4, -0.2) is 95.5 Å². The van der Waals surface area contributed by atoms with Gasteiger partial charge in [-0.3, -0.25) is 14.9 Å². The van der Waals surface area contributed by atoms with E-state index in [1.54, 1.807) is 43.5 Å². The Morgan fingerprint density at radius 3 is 2.48 bits per heavy atom. The number of nitrogens with one attached hydrogen (secondary N) is 2. The van der Waals surface area contributed by atoms with Gasteiger partial charge in [0.05, 0.1) is 28.9 Å². The molecule has 0 bridgehead atoms. The molecule has 2 saturated heterocycles. The summed E-state index contributed by atoms with van der Waals surface area (Å²) in [6, 6.07) is 8.92. The Morgan fingerprint density at radius 1 is 0.977 bits per heavy atom. The molecular weight excluding hydrogens is 570 g/mol. The fourth-order valence-corrected chi connectivity index (χ4v) is 6.90. The number of anilines is 5. The van der Waals surface area contributed by atoms with E-state index in [1.807, 2.05) is 18.4 Å². The number of nitrogens with zero attached hydrogens (tertiary/aromatic N) is 7. The minimum Gasteiger partial charge on any atom is -0.494 e. The van der Waals surface area contributed by atoms with Gasteiger partial charge < -0.3 is 25.2 Å². The van der Waals surface area contributed by atoms with E-state index in [0.29, 0.717) is 17.8 Å². The van der Waals surface area contributed by atoms with Crippen molar-refractivity contribution in [3.8, 4) is 5.75 Å². The average molecular weight is 612 g/mol. The van der Waals surface area contributed by atoms with Crippen molar-refractivity contribution in [2.75, 3.05) is 75.2 Å². The first-order valence-corrected chi connectivity index (χ1v) is 16.4. The number of benzene rings is 2. The molecule has 2 aliphatic rings. The van der Waals surface area contributed by atoms with Crippen LogP contribution in [0.4, 0.5) is 28.8 Å². The Morgan fingerprint density at radius 2 is 1.75 bits per heavy atom. The first-order valence-electron chi connectivity index (χ1n) is 15.1. The van der Waals surface area contributed by atoms with Gasteiger partial charge in [0.1, 0.15) is 17.1 Å². The number of hydrogen-bond acceptors (Lipinski definition) is 11. The molecule has 11 heteroatoms. The van der Waals surface area contributed by atoms with E-state index >= 15 is 0 Å². The first kappa shape index (κ1) is 30.1. The molecule has 6 rings (SSSR count). The number of aromatic nitrogens is 4. The van der Waals surface area contributed by atoms with Gasteiger partial charge >= 0.3 is 0 Å². The summed E-state index contributed by atoms with van der Waals surface area (Å²) >= 11 is 1.62. The molecule has 0 atom stereocenters. The summed E-state index contributed by atoms with van der Waals surface area (Å²) in [5, 5.41) is 6.89. The highest BCUT2D eigenvalue weighted by Crippen LogP contribution is 2.37. The maximum atomic E-state index is 5.87. The van der Waals surface area contributed by atoms with Crippen LogP contribution in [0.1, 0.15) is 24.0 Å². The molecule has 44 heavy (non-hydrogen) atoms. The molecule has 2 fully saturated rings. The van der Waals surface area contributed by atoms with Crippen molar-refractivity contribution in [3.63, 3.8) is 0 Å². The van der Waals surface area contributed by atoms with E-state index in [2.05, 4.69) is 73.0 Å². The molecule has 2 N–H and O–H groups in total. The molecule has 0 aliphatic carbocycles. The van der Waals surface area contributed by atoms with E-state index in [0.717, 1.165) is 51.7 Å². The molecule has 2 aliphatic heterocycles. The van der Waals surface area contributed by atoms with Gasteiger partial charge in [-0.1, -0.05) is 12.7 Å². The summed E-state index contributed by atoms with van der Waals surface area (Å²) in [4.78, 5) is 27.0. The molecule has 230 valence electrons. The Bertz CT molecular complexity index is 1630. The smallest absolute Gasteiger partial charge is 0.229 e. The molecule has 4 aromatic rings. The monoisotopic (exact) mass is 611 g/mol. The van der Waals surface area contributed by atoms with Crippen LogP contribution in [0.3, 0.4) is 0 Å². The third kappa shape index (κ3) is 6.31. The van der Waals surface area contributed by atoms with E-state index < -0.39 is 0 Å². The minimum atomic E-state index is 0.461. The lowest BCUT2D eigenvalue weighted by Crippen LogP contribution is -2.52. The molecule has 0 saturated carbocycles. The van der Waals surface area contributed by atoms with Gasteiger partial charge in [0.25, 0.3) is 0 Å². The summed E-state index contributed by atoms with van der Waals surface area (Å²) in [5.41, 5.74) is 6.62. The second kappa shape index (κ2) is 13.4. The highest BCUT2D eigenvalue weighted by Gasteiger charge is 2.27. The van der Waals surface area contributed by atoms with Crippen molar-refractivity contribution in [1.82, 2.24) is 29.7 Å². The summed E-state index contributed by atoms with van der Waals surface area (Å²) in [6.45, 7) is 12.9. The van der Waals surface area contributed by atoms with Gasteiger partial charge in [0.15, 0.2) is 0 Å². The van der Waals surface area contributed by atoms with Crippen LogP contribution in [0.25, 0.3) is 17.1 Å². The maximum absolute atomic E-state index is 5.87. The molecular formula is C33H41N9OS. The number of likely N-dealkylation sites (N-methyl/N-ethyl adjacent to an activating group) is 1. The van der Waals surface area contributed by atoms with E-state index in [1.165, 1.54) is 50.3 Å². The number of fused-ring (bicyclic) bond motifs is 1. The highest BCUT2D eigenvalue weighted by atomic mass is 32.2.